The minimum Gasteiger partial charge on any atom is -0.352 e. The predicted octanol–water partition coefficient (Wildman–Crippen LogP) is 2.87. The van der Waals surface area contributed by atoms with Gasteiger partial charge in [-0.15, -0.1) is 0 Å². The fourth-order valence-electron chi connectivity index (χ4n) is 5.92. The smallest absolute Gasteiger partial charge is 0.223 e. The van der Waals surface area contributed by atoms with Crippen LogP contribution in [0.2, 0.25) is 0 Å². The van der Waals surface area contributed by atoms with E-state index >= 15 is 0 Å². The van der Waals surface area contributed by atoms with Crippen LogP contribution in [-0.2, 0) is 4.79 Å². The zero-order chi connectivity index (χ0) is 13.7. The molecule has 1 N–H and O–H groups in total. The highest BCUT2D eigenvalue weighted by Crippen LogP contribution is 2.56. The lowest BCUT2D eigenvalue weighted by Gasteiger charge is -2.53. The van der Waals surface area contributed by atoms with Crippen molar-refractivity contribution in [2.24, 2.45) is 35.5 Å². The van der Waals surface area contributed by atoms with Crippen molar-refractivity contribution in [3.63, 3.8) is 0 Å². The minimum atomic E-state index is 0.0517. The van der Waals surface area contributed by atoms with E-state index in [1.54, 1.807) is 0 Å². The Labute approximate surface area is 121 Å². The molecular formula is C17H24N2O. The van der Waals surface area contributed by atoms with Crippen LogP contribution in [0, 0.1) is 46.8 Å². The zero-order valence-corrected chi connectivity index (χ0v) is 12.1. The first-order chi connectivity index (χ1) is 9.74. The van der Waals surface area contributed by atoms with Gasteiger partial charge in [-0.05, 0) is 75.0 Å². The van der Waals surface area contributed by atoms with Gasteiger partial charge in [-0.25, -0.2) is 0 Å². The summed E-state index contributed by atoms with van der Waals surface area (Å²) < 4.78 is 0. The number of rotatable bonds is 2. The highest BCUT2D eigenvalue weighted by molar-refractivity contribution is 5.80. The molecule has 2 atom stereocenters. The Morgan fingerprint density at radius 2 is 1.65 bits per heavy atom. The van der Waals surface area contributed by atoms with Gasteiger partial charge in [0.05, 0.1) is 12.0 Å². The summed E-state index contributed by atoms with van der Waals surface area (Å²) in [6, 6.07) is 2.50. The Kier molecular flexibility index (Phi) is 3.02. The maximum absolute atomic E-state index is 12.7. The van der Waals surface area contributed by atoms with Crippen molar-refractivity contribution in [2.75, 3.05) is 0 Å². The molecule has 4 bridgehead atoms. The van der Waals surface area contributed by atoms with Gasteiger partial charge in [-0.3, -0.25) is 4.79 Å². The van der Waals surface area contributed by atoms with E-state index in [9.17, 15) is 4.79 Å². The molecule has 1 amide bonds. The number of nitrogens with zero attached hydrogens (tertiary/aromatic N) is 1. The molecule has 5 fully saturated rings. The van der Waals surface area contributed by atoms with Gasteiger partial charge < -0.3 is 5.32 Å². The molecule has 5 rings (SSSR count). The Morgan fingerprint density at radius 3 is 2.25 bits per heavy atom. The Morgan fingerprint density at radius 1 is 1.00 bits per heavy atom. The van der Waals surface area contributed by atoms with Gasteiger partial charge in [0.2, 0.25) is 5.91 Å². The van der Waals surface area contributed by atoms with E-state index in [1.165, 1.54) is 32.1 Å². The molecule has 2 unspecified atom stereocenters. The van der Waals surface area contributed by atoms with Gasteiger partial charge in [0.25, 0.3) is 0 Å². The van der Waals surface area contributed by atoms with Gasteiger partial charge in [0, 0.05) is 12.0 Å². The first-order valence-electron chi connectivity index (χ1n) is 8.44. The van der Waals surface area contributed by atoms with Crippen LogP contribution in [0.15, 0.2) is 0 Å². The molecule has 108 valence electrons. The van der Waals surface area contributed by atoms with Crippen LogP contribution in [0.4, 0.5) is 0 Å². The van der Waals surface area contributed by atoms with E-state index < -0.39 is 0 Å². The zero-order valence-electron chi connectivity index (χ0n) is 12.1. The summed E-state index contributed by atoms with van der Waals surface area (Å²) in [7, 11) is 0. The highest BCUT2D eigenvalue weighted by atomic mass is 16.2. The van der Waals surface area contributed by atoms with Crippen LogP contribution in [0.1, 0.15) is 51.4 Å². The Bertz CT molecular complexity index is 424. The highest BCUT2D eigenvalue weighted by Gasteiger charge is 2.51. The average molecular weight is 272 g/mol. The second-order valence-corrected chi connectivity index (χ2v) is 7.74. The van der Waals surface area contributed by atoms with Gasteiger partial charge >= 0.3 is 0 Å². The van der Waals surface area contributed by atoms with Crippen LogP contribution in [-0.4, -0.2) is 11.9 Å². The number of carbonyl (C=O) groups excluding carboxylic acids is 1. The van der Waals surface area contributed by atoms with Crippen molar-refractivity contribution in [3.8, 4) is 6.07 Å². The first-order valence-corrected chi connectivity index (χ1v) is 8.44. The summed E-state index contributed by atoms with van der Waals surface area (Å²) in [6.45, 7) is 0. The molecule has 20 heavy (non-hydrogen) atoms. The van der Waals surface area contributed by atoms with Crippen molar-refractivity contribution in [1.29, 1.82) is 5.26 Å². The van der Waals surface area contributed by atoms with Gasteiger partial charge in [0.1, 0.15) is 0 Å². The van der Waals surface area contributed by atoms with Crippen LogP contribution in [0.3, 0.4) is 0 Å². The molecule has 5 aliphatic carbocycles. The molecular weight excluding hydrogens is 248 g/mol. The molecule has 0 saturated heterocycles. The molecule has 0 aliphatic heterocycles. The largest absolute Gasteiger partial charge is 0.352 e. The van der Waals surface area contributed by atoms with E-state index in [4.69, 9.17) is 5.26 Å². The summed E-state index contributed by atoms with van der Waals surface area (Å²) in [5.74, 6) is 3.73. The van der Waals surface area contributed by atoms with Gasteiger partial charge in [0.15, 0.2) is 0 Å². The molecule has 5 saturated carbocycles. The van der Waals surface area contributed by atoms with Crippen molar-refractivity contribution < 1.29 is 4.79 Å². The first kappa shape index (κ1) is 12.7. The molecule has 0 aromatic rings. The second kappa shape index (κ2) is 4.76. The number of hydrogen-bond donors (Lipinski definition) is 1. The molecule has 3 nitrogen and oxygen atoms in total. The van der Waals surface area contributed by atoms with Crippen LogP contribution in [0.25, 0.3) is 0 Å². The summed E-state index contributed by atoms with van der Waals surface area (Å²) in [4.78, 5) is 12.7. The summed E-state index contributed by atoms with van der Waals surface area (Å²) >= 11 is 0. The number of hydrogen-bond acceptors (Lipinski definition) is 2. The molecule has 0 aromatic heterocycles. The normalized spacial score (nSPS) is 49.0. The van der Waals surface area contributed by atoms with Crippen LogP contribution < -0.4 is 5.32 Å². The minimum absolute atomic E-state index is 0.0517. The van der Waals surface area contributed by atoms with Crippen LogP contribution in [0.5, 0.6) is 0 Å². The molecule has 0 radical (unpaired) electrons. The summed E-state index contributed by atoms with van der Waals surface area (Å²) in [6.07, 6.45) is 9.63. The topological polar surface area (TPSA) is 52.9 Å². The molecule has 0 spiro atoms. The third kappa shape index (κ3) is 1.96. The second-order valence-electron chi connectivity index (χ2n) is 7.74. The number of carbonyl (C=O) groups is 1. The van der Waals surface area contributed by atoms with Crippen molar-refractivity contribution in [2.45, 2.75) is 57.4 Å². The van der Waals surface area contributed by atoms with Crippen molar-refractivity contribution in [1.82, 2.24) is 5.32 Å². The fraction of sp³-hybridized carbons (Fsp3) is 0.882. The Hall–Kier alpha value is -1.04. The monoisotopic (exact) mass is 272 g/mol. The van der Waals surface area contributed by atoms with E-state index in [2.05, 4.69) is 11.4 Å². The predicted molar refractivity (Wildman–Crippen MR) is 75.4 cm³/mol. The summed E-state index contributed by atoms with van der Waals surface area (Å²) in [5.41, 5.74) is 0. The average Bonchev–Trinajstić information content (AvgIpc) is 2.84. The standard InChI is InChI=1S/C17H24N2O/c18-9-12-2-1-3-15(12)19-17(20)16-13-5-10-4-11(7-13)8-14(16)6-10/h10-16H,1-8H2,(H,19,20). The maximum atomic E-state index is 12.7. The van der Waals surface area contributed by atoms with Crippen LogP contribution >= 0.6 is 0 Å². The fourth-order valence-corrected chi connectivity index (χ4v) is 5.92. The molecule has 0 aromatic carbocycles. The van der Waals surface area contributed by atoms with E-state index in [-0.39, 0.29) is 23.8 Å². The van der Waals surface area contributed by atoms with Crippen molar-refractivity contribution in [3.05, 3.63) is 0 Å². The third-order valence-electron chi connectivity index (χ3n) is 6.54. The molecule has 3 heteroatoms. The van der Waals surface area contributed by atoms with Crippen molar-refractivity contribution >= 4 is 5.91 Å². The number of amides is 1. The number of nitriles is 1. The quantitative estimate of drug-likeness (QED) is 0.840. The molecule has 5 aliphatic rings. The van der Waals surface area contributed by atoms with E-state index in [1.807, 2.05) is 0 Å². The lowest BCUT2D eigenvalue weighted by Crippen LogP contribution is -2.52. The van der Waals surface area contributed by atoms with Gasteiger partial charge in [-0.2, -0.15) is 5.26 Å². The van der Waals surface area contributed by atoms with Gasteiger partial charge in [-0.1, -0.05) is 0 Å². The maximum Gasteiger partial charge on any atom is 0.223 e. The van der Waals surface area contributed by atoms with E-state index in [0.717, 1.165) is 31.1 Å². The molecule has 0 heterocycles. The SMILES string of the molecule is N#CC1CCCC1NC(=O)C1C2CC3CC(C2)CC1C3. The lowest BCUT2D eigenvalue weighted by atomic mass is 9.51. The Balaban J connectivity index is 1.45. The third-order valence-corrected chi connectivity index (χ3v) is 6.54. The number of nitrogens with one attached hydrogen (secondary N) is 1. The van der Waals surface area contributed by atoms with E-state index in [0.29, 0.717) is 11.8 Å². The lowest BCUT2D eigenvalue weighted by molar-refractivity contribution is -0.139. The summed E-state index contributed by atoms with van der Waals surface area (Å²) in [5, 5.41) is 12.4.